The Hall–Kier alpha value is -1.53. The number of amides is 3. The Labute approximate surface area is 120 Å². The fraction of sp³-hybridized carbons (Fsp3) is 0.250. The number of anilines is 1. The molecule has 3 amide bonds. The predicted octanol–water partition coefficient (Wildman–Crippen LogP) is 2.74. The van der Waals surface area contributed by atoms with Crippen LogP contribution in [0.4, 0.5) is 10.5 Å². The van der Waals surface area contributed by atoms with Crippen molar-refractivity contribution in [2.45, 2.75) is 6.92 Å². The first-order valence-corrected chi connectivity index (χ1v) is 6.89. The molecule has 100 valence electrons. The molecule has 1 aromatic rings. The van der Waals surface area contributed by atoms with Crippen molar-refractivity contribution >= 4 is 46.2 Å². The van der Waals surface area contributed by atoms with Gasteiger partial charge >= 0.3 is 6.03 Å². The van der Waals surface area contributed by atoms with Crippen LogP contribution >= 0.6 is 23.4 Å². The molecule has 0 spiro atoms. The van der Waals surface area contributed by atoms with Gasteiger partial charge in [0.2, 0.25) is 5.91 Å². The molecule has 0 bridgehead atoms. The van der Waals surface area contributed by atoms with Gasteiger partial charge in [-0.05, 0) is 18.6 Å². The molecule has 1 aromatic carbocycles. The van der Waals surface area contributed by atoms with Crippen molar-refractivity contribution in [2.24, 2.45) is 4.99 Å². The highest BCUT2D eigenvalue weighted by Gasteiger charge is 2.25. The van der Waals surface area contributed by atoms with E-state index in [2.05, 4.69) is 10.3 Å². The predicted molar refractivity (Wildman–Crippen MR) is 77.9 cm³/mol. The zero-order valence-electron chi connectivity index (χ0n) is 10.4. The van der Waals surface area contributed by atoms with Gasteiger partial charge in [0.25, 0.3) is 0 Å². The summed E-state index contributed by atoms with van der Waals surface area (Å²) in [6.07, 6.45) is 0. The summed E-state index contributed by atoms with van der Waals surface area (Å²) < 4.78 is 0. The van der Waals surface area contributed by atoms with Crippen LogP contribution in [0.25, 0.3) is 0 Å². The van der Waals surface area contributed by atoms with Crippen molar-refractivity contribution in [2.75, 3.05) is 18.1 Å². The molecule has 1 aliphatic rings. The van der Waals surface area contributed by atoms with Crippen LogP contribution < -0.4 is 5.32 Å². The monoisotopic (exact) mass is 297 g/mol. The Kier molecular flexibility index (Phi) is 4.11. The maximum atomic E-state index is 11.8. The molecule has 0 aliphatic carbocycles. The fourth-order valence-corrected chi connectivity index (χ4v) is 2.70. The number of thioether (sulfide) groups is 1. The van der Waals surface area contributed by atoms with Gasteiger partial charge in [-0.3, -0.25) is 9.69 Å². The van der Waals surface area contributed by atoms with E-state index in [1.807, 2.05) is 13.0 Å². The minimum Gasteiger partial charge on any atom is -0.304 e. The normalized spacial score (nSPS) is 17.1. The first-order chi connectivity index (χ1) is 8.99. The molecular weight excluding hydrogens is 286 g/mol. The van der Waals surface area contributed by atoms with Crippen LogP contribution in [0, 0.1) is 6.92 Å². The third kappa shape index (κ3) is 3.08. The summed E-state index contributed by atoms with van der Waals surface area (Å²) in [7, 11) is 1.59. The van der Waals surface area contributed by atoms with Crippen LogP contribution in [-0.2, 0) is 4.79 Å². The van der Waals surface area contributed by atoms with Crippen molar-refractivity contribution < 1.29 is 9.59 Å². The molecule has 1 heterocycles. The summed E-state index contributed by atoms with van der Waals surface area (Å²) in [6, 6.07) is 4.80. The Balaban J connectivity index is 2.14. The maximum Gasteiger partial charge on any atom is 0.347 e. The van der Waals surface area contributed by atoms with Gasteiger partial charge in [-0.15, -0.1) is 0 Å². The van der Waals surface area contributed by atoms with Crippen molar-refractivity contribution in [1.29, 1.82) is 0 Å². The van der Waals surface area contributed by atoms with E-state index in [0.717, 1.165) is 5.56 Å². The highest BCUT2D eigenvalue weighted by atomic mass is 35.5. The molecule has 0 aromatic heterocycles. The number of hydrogen-bond donors (Lipinski definition) is 1. The van der Waals surface area contributed by atoms with Crippen molar-refractivity contribution in [3.8, 4) is 0 Å². The molecule has 0 radical (unpaired) electrons. The van der Waals surface area contributed by atoms with Gasteiger partial charge in [0.1, 0.15) is 0 Å². The molecule has 19 heavy (non-hydrogen) atoms. The zero-order valence-corrected chi connectivity index (χ0v) is 12.0. The number of amidine groups is 1. The molecule has 0 atom stereocenters. The number of aryl methyl sites for hydroxylation is 1. The third-order valence-corrected chi connectivity index (χ3v) is 3.97. The molecule has 1 saturated heterocycles. The first kappa shape index (κ1) is 13.9. The maximum absolute atomic E-state index is 11.8. The lowest BCUT2D eigenvalue weighted by Gasteiger charge is -2.10. The fourth-order valence-electron chi connectivity index (χ4n) is 1.55. The topological polar surface area (TPSA) is 61.8 Å². The van der Waals surface area contributed by atoms with E-state index in [0.29, 0.717) is 21.6 Å². The quantitative estimate of drug-likeness (QED) is 0.867. The minimum absolute atomic E-state index is 0.0644. The van der Waals surface area contributed by atoms with Gasteiger partial charge in [-0.25, -0.2) is 4.79 Å². The molecular formula is C12H12ClN3O2S. The minimum atomic E-state index is -0.541. The highest BCUT2D eigenvalue weighted by Crippen LogP contribution is 2.25. The molecule has 1 N–H and O–H groups in total. The van der Waals surface area contributed by atoms with E-state index in [4.69, 9.17) is 11.6 Å². The van der Waals surface area contributed by atoms with Gasteiger partial charge in [0.05, 0.1) is 16.5 Å². The Morgan fingerprint density at radius 2 is 2.26 bits per heavy atom. The summed E-state index contributed by atoms with van der Waals surface area (Å²) in [5.41, 5.74) is 1.39. The largest absolute Gasteiger partial charge is 0.347 e. The van der Waals surface area contributed by atoms with Gasteiger partial charge in [-0.2, -0.15) is 4.99 Å². The van der Waals surface area contributed by atoms with Crippen molar-refractivity contribution in [1.82, 2.24) is 4.90 Å². The smallest absolute Gasteiger partial charge is 0.304 e. The number of nitrogens with zero attached hydrogens (tertiary/aromatic N) is 2. The molecule has 2 rings (SSSR count). The van der Waals surface area contributed by atoms with Gasteiger partial charge in [-0.1, -0.05) is 35.5 Å². The van der Waals surface area contributed by atoms with Crippen LogP contribution in [0.1, 0.15) is 5.56 Å². The highest BCUT2D eigenvalue weighted by molar-refractivity contribution is 8.15. The van der Waals surface area contributed by atoms with Crippen LogP contribution in [0.15, 0.2) is 23.2 Å². The lowest BCUT2D eigenvalue weighted by Crippen LogP contribution is -2.25. The van der Waals surface area contributed by atoms with Crippen molar-refractivity contribution in [3.63, 3.8) is 0 Å². The summed E-state index contributed by atoms with van der Waals surface area (Å²) in [5.74, 6) is 0.249. The Morgan fingerprint density at radius 3 is 2.84 bits per heavy atom. The van der Waals surface area contributed by atoms with Crippen LogP contribution in [0.5, 0.6) is 0 Å². The van der Waals surface area contributed by atoms with Crippen LogP contribution in [0.3, 0.4) is 0 Å². The van der Waals surface area contributed by atoms with Gasteiger partial charge in [0, 0.05) is 7.05 Å². The number of urea groups is 1. The number of aliphatic imine (C=N–C) groups is 1. The number of carbonyl (C=O) groups excluding carboxylic acids is 2. The summed E-state index contributed by atoms with van der Waals surface area (Å²) >= 11 is 7.25. The number of carbonyl (C=O) groups is 2. The third-order valence-electron chi connectivity index (χ3n) is 2.64. The number of hydrogen-bond acceptors (Lipinski definition) is 3. The number of para-hydroxylation sites is 1. The molecule has 5 nitrogen and oxygen atoms in total. The van der Waals surface area contributed by atoms with E-state index in [1.165, 1.54) is 16.7 Å². The lowest BCUT2D eigenvalue weighted by atomic mass is 10.2. The van der Waals surface area contributed by atoms with Gasteiger partial charge < -0.3 is 5.32 Å². The average molecular weight is 298 g/mol. The summed E-state index contributed by atoms with van der Waals surface area (Å²) in [6.45, 7) is 1.84. The zero-order chi connectivity index (χ0) is 14.0. The SMILES string of the molecule is Cc1cccc(Cl)c1NC(=O)N=C1SCC(=O)N1C. The molecule has 7 heteroatoms. The van der Waals surface area contributed by atoms with E-state index >= 15 is 0 Å². The second-order valence-electron chi connectivity index (χ2n) is 4.00. The number of rotatable bonds is 1. The molecule has 1 aliphatic heterocycles. The average Bonchev–Trinajstić information content (AvgIpc) is 2.66. The standard InChI is InChI=1S/C12H12ClN3O2S/c1-7-4-3-5-8(13)10(7)14-11(18)15-12-16(2)9(17)6-19-12/h3-5H,6H2,1-2H3,(H,14,18). The lowest BCUT2D eigenvalue weighted by molar-refractivity contribution is -0.123. The van der Waals surface area contributed by atoms with E-state index < -0.39 is 6.03 Å². The molecule has 1 fully saturated rings. The van der Waals surface area contributed by atoms with E-state index in [-0.39, 0.29) is 5.91 Å². The molecule has 0 unspecified atom stereocenters. The number of halogens is 1. The summed E-state index contributed by atoms with van der Waals surface area (Å²) in [4.78, 5) is 28.3. The van der Waals surface area contributed by atoms with Crippen LogP contribution in [-0.4, -0.2) is 34.8 Å². The number of nitrogens with one attached hydrogen (secondary N) is 1. The molecule has 0 saturated carbocycles. The number of benzene rings is 1. The summed E-state index contributed by atoms with van der Waals surface area (Å²) in [5, 5.41) is 3.48. The van der Waals surface area contributed by atoms with Crippen molar-refractivity contribution in [3.05, 3.63) is 28.8 Å². The van der Waals surface area contributed by atoms with Gasteiger partial charge in [0.15, 0.2) is 5.17 Å². The second-order valence-corrected chi connectivity index (χ2v) is 5.35. The Bertz CT molecular complexity index is 554. The van der Waals surface area contributed by atoms with E-state index in [1.54, 1.807) is 19.2 Å². The second kappa shape index (κ2) is 5.63. The van der Waals surface area contributed by atoms with Crippen LogP contribution in [0.2, 0.25) is 5.02 Å². The Morgan fingerprint density at radius 1 is 1.53 bits per heavy atom. The first-order valence-electron chi connectivity index (χ1n) is 5.53. The van der Waals surface area contributed by atoms with E-state index in [9.17, 15) is 9.59 Å².